The molecule has 1 aromatic rings. The Kier molecular flexibility index (Phi) is 9.01. The number of methoxy groups -OCH3 is 1. The lowest BCUT2D eigenvalue weighted by atomic mass is 10.1. The third-order valence-electron chi connectivity index (χ3n) is 3.16. The van der Waals surface area contributed by atoms with E-state index in [-0.39, 0.29) is 24.2 Å². The van der Waals surface area contributed by atoms with E-state index >= 15 is 0 Å². The molecule has 0 fully saturated rings. The van der Waals surface area contributed by atoms with Gasteiger partial charge in [-0.15, -0.1) is 12.4 Å². The number of benzene rings is 1. The molecule has 0 saturated heterocycles. The lowest BCUT2D eigenvalue weighted by Crippen LogP contribution is -2.38. The van der Waals surface area contributed by atoms with Gasteiger partial charge in [0.25, 0.3) is 0 Å². The maximum atomic E-state index is 12.3. The Bertz CT molecular complexity index is 395. The second kappa shape index (κ2) is 9.61. The van der Waals surface area contributed by atoms with Crippen LogP contribution in [0.15, 0.2) is 24.3 Å². The van der Waals surface area contributed by atoms with Crippen molar-refractivity contribution in [1.29, 1.82) is 0 Å². The van der Waals surface area contributed by atoms with Crippen LogP contribution in [0.5, 0.6) is 5.75 Å². The molecular formula is C15H25ClN2O2. The molecule has 0 saturated carbocycles. The van der Waals surface area contributed by atoms with Crippen molar-refractivity contribution in [2.45, 2.75) is 20.4 Å². The molecule has 0 heterocycles. The van der Waals surface area contributed by atoms with Crippen LogP contribution in [0.3, 0.4) is 0 Å². The normalized spacial score (nSPS) is 11.4. The summed E-state index contributed by atoms with van der Waals surface area (Å²) in [6.07, 6.45) is 0. The molecule has 1 rings (SSSR count). The van der Waals surface area contributed by atoms with Crippen molar-refractivity contribution in [3.05, 3.63) is 29.8 Å². The van der Waals surface area contributed by atoms with E-state index in [0.29, 0.717) is 13.1 Å². The van der Waals surface area contributed by atoms with Gasteiger partial charge in [-0.3, -0.25) is 4.79 Å². The minimum atomic E-state index is 0. The topological polar surface area (TPSA) is 41.6 Å². The molecule has 0 aliphatic carbocycles. The maximum Gasteiger partial charge on any atom is 0.226 e. The summed E-state index contributed by atoms with van der Waals surface area (Å²) >= 11 is 0. The number of rotatable bonds is 7. The monoisotopic (exact) mass is 300 g/mol. The van der Waals surface area contributed by atoms with E-state index in [0.717, 1.165) is 17.9 Å². The third-order valence-corrected chi connectivity index (χ3v) is 3.16. The van der Waals surface area contributed by atoms with Crippen molar-refractivity contribution in [3.63, 3.8) is 0 Å². The van der Waals surface area contributed by atoms with Gasteiger partial charge in [-0.05, 0) is 31.7 Å². The molecule has 0 aliphatic rings. The van der Waals surface area contributed by atoms with Gasteiger partial charge in [0.2, 0.25) is 5.91 Å². The van der Waals surface area contributed by atoms with Gasteiger partial charge in [-0.1, -0.05) is 19.1 Å². The van der Waals surface area contributed by atoms with Crippen LogP contribution < -0.4 is 10.1 Å². The molecule has 1 unspecified atom stereocenters. The summed E-state index contributed by atoms with van der Waals surface area (Å²) in [7, 11) is 3.51. The van der Waals surface area contributed by atoms with Crippen molar-refractivity contribution >= 4 is 18.3 Å². The zero-order valence-electron chi connectivity index (χ0n) is 12.7. The fraction of sp³-hybridized carbons (Fsp3) is 0.533. The zero-order chi connectivity index (χ0) is 14.3. The minimum absolute atomic E-state index is 0. The first-order valence-electron chi connectivity index (χ1n) is 6.68. The van der Waals surface area contributed by atoms with Crippen LogP contribution in [0.25, 0.3) is 0 Å². The van der Waals surface area contributed by atoms with E-state index in [1.165, 1.54) is 0 Å². The predicted octanol–water partition coefficient (Wildman–Crippen LogP) is 2.32. The highest BCUT2D eigenvalue weighted by Crippen LogP contribution is 2.14. The van der Waals surface area contributed by atoms with Gasteiger partial charge in [0.1, 0.15) is 5.75 Å². The van der Waals surface area contributed by atoms with Gasteiger partial charge < -0.3 is 15.0 Å². The summed E-state index contributed by atoms with van der Waals surface area (Å²) in [6, 6.07) is 7.84. The largest absolute Gasteiger partial charge is 0.497 e. The Labute approximate surface area is 127 Å². The summed E-state index contributed by atoms with van der Waals surface area (Å²) in [5.41, 5.74) is 1.12. The van der Waals surface area contributed by atoms with Crippen LogP contribution in [-0.4, -0.2) is 38.1 Å². The fourth-order valence-electron chi connectivity index (χ4n) is 2.00. The van der Waals surface area contributed by atoms with Crippen LogP contribution in [0.1, 0.15) is 19.4 Å². The number of halogens is 1. The lowest BCUT2D eigenvalue weighted by Gasteiger charge is -2.24. The number of nitrogens with one attached hydrogen (secondary N) is 1. The molecule has 1 N–H and O–H groups in total. The molecule has 4 nitrogen and oxygen atoms in total. The van der Waals surface area contributed by atoms with Crippen LogP contribution in [-0.2, 0) is 11.3 Å². The summed E-state index contributed by atoms with van der Waals surface area (Å²) < 4.78 is 5.13. The fourth-order valence-corrected chi connectivity index (χ4v) is 2.00. The molecule has 0 aliphatic heterocycles. The standard InChI is InChI=1S/C15H24N2O2.ClH/c1-5-17(15(18)12(2)10-16-3)11-13-6-8-14(19-4)9-7-13;/h6-9,12,16H,5,10-11H2,1-4H3;1H. The molecule has 5 heteroatoms. The van der Waals surface area contributed by atoms with E-state index in [1.54, 1.807) is 7.11 Å². The molecule has 1 aromatic carbocycles. The molecule has 114 valence electrons. The van der Waals surface area contributed by atoms with E-state index in [2.05, 4.69) is 5.32 Å². The molecular weight excluding hydrogens is 276 g/mol. The summed E-state index contributed by atoms with van der Waals surface area (Å²) in [5.74, 6) is 1.03. The van der Waals surface area contributed by atoms with Crippen molar-refractivity contribution in [3.8, 4) is 5.75 Å². The number of nitrogens with zero attached hydrogens (tertiary/aromatic N) is 1. The first kappa shape index (κ1) is 18.7. The number of hydrogen-bond donors (Lipinski definition) is 1. The van der Waals surface area contributed by atoms with Gasteiger partial charge in [-0.2, -0.15) is 0 Å². The number of hydrogen-bond acceptors (Lipinski definition) is 3. The molecule has 0 aromatic heterocycles. The highest BCUT2D eigenvalue weighted by molar-refractivity contribution is 5.85. The van der Waals surface area contributed by atoms with Crippen molar-refractivity contribution in [2.24, 2.45) is 5.92 Å². The highest BCUT2D eigenvalue weighted by Gasteiger charge is 2.18. The van der Waals surface area contributed by atoms with Gasteiger partial charge in [0, 0.05) is 25.6 Å². The number of carbonyl (C=O) groups excluding carboxylic acids is 1. The minimum Gasteiger partial charge on any atom is -0.497 e. The summed E-state index contributed by atoms with van der Waals surface area (Å²) in [6.45, 7) is 6.03. The highest BCUT2D eigenvalue weighted by atomic mass is 35.5. The quantitative estimate of drug-likeness (QED) is 0.840. The third kappa shape index (κ3) is 5.39. The van der Waals surface area contributed by atoms with E-state index in [9.17, 15) is 4.79 Å². The first-order valence-corrected chi connectivity index (χ1v) is 6.68. The van der Waals surface area contributed by atoms with E-state index in [4.69, 9.17) is 4.74 Å². The van der Waals surface area contributed by atoms with E-state index in [1.807, 2.05) is 50.1 Å². The maximum absolute atomic E-state index is 12.3. The van der Waals surface area contributed by atoms with Crippen LogP contribution >= 0.6 is 12.4 Å². The molecule has 1 amide bonds. The van der Waals surface area contributed by atoms with Crippen LogP contribution in [0.2, 0.25) is 0 Å². The molecule has 1 atom stereocenters. The van der Waals surface area contributed by atoms with E-state index < -0.39 is 0 Å². The van der Waals surface area contributed by atoms with Crippen LogP contribution in [0, 0.1) is 5.92 Å². The molecule has 0 radical (unpaired) electrons. The Morgan fingerprint density at radius 3 is 2.40 bits per heavy atom. The molecule has 0 bridgehead atoms. The molecule has 0 spiro atoms. The summed E-state index contributed by atoms with van der Waals surface area (Å²) in [4.78, 5) is 14.1. The second-order valence-electron chi connectivity index (χ2n) is 4.66. The van der Waals surface area contributed by atoms with Gasteiger partial charge in [0.05, 0.1) is 7.11 Å². The number of ether oxygens (including phenoxy) is 1. The molecule has 20 heavy (non-hydrogen) atoms. The predicted molar refractivity (Wildman–Crippen MR) is 84.4 cm³/mol. The van der Waals surface area contributed by atoms with Gasteiger partial charge in [-0.25, -0.2) is 0 Å². The first-order chi connectivity index (χ1) is 9.12. The van der Waals surface area contributed by atoms with Crippen LogP contribution in [0.4, 0.5) is 0 Å². The number of amides is 1. The Balaban J connectivity index is 0.00000361. The zero-order valence-corrected chi connectivity index (χ0v) is 13.5. The average Bonchev–Trinajstić information content (AvgIpc) is 2.45. The van der Waals surface area contributed by atoms with Crippen molar-refractivity contribution < 1.29 is 9.53 Å². The second-order valence-corrected chi connectivity index (χ2v) is 4.66. The average molecular weight is 301 g/mol. The van der Waals surface area contributed by atoms with Crippen molar-refractivity contribution in [1.82, 2.24) is 10.2 Å². The SMILES string of the molecule is CCN(Cc1ccc(OC)cc1)C(=O)C(C)CNC.Cl. The van der Waals surface area contributed by atoms with Crippen molar-refractivity contribution in [2.75, 3.05) is 27.2 Å². The van der Waals surface area contributed by atoms with Gasteiger partial charge >= 0.3 is 0 Å². The Hall–Kier alpha value is -1.26. The summed E-state index contributed by atoms with van der Waals surface area (Å²) in [5, 5.41) is 3.04. The Morgan fingerprint density at radius 2 is 1.95 bits per heavy atom. The number of carbonyl (C=O) groups is 1. The Morgan fingerprint density at radius 1 is 1.35 bits per heavy atom. The smallest absolute Gasteiger partial charge is 0.226 e. The van der Waals surface area contributed by atoms with Gasteiger partial charge in [0.15, 0.2) is 0 Å². The lowest BCUT2D eigenvalue weighted by molar-refractivity contribution is -0.135.